The van der Waals surface area contributed by atoms with Crippen molar-refractivity contribution in [2.24, 2.45) is 5.10 Å². The van der Waals surface area contributed by atoms with Crippen molar-refractivity contribution in [1.29, 1.82) is 0 Å². The second-order valence-corrected chi connectivity index (χ2v) is 6.62. The summed E-state index contributed by atoms with van der Waals surface area (Å²) in [6.07, 6.45) is 1.14. The van der Waals surface area contributed by atoms with Crippen LogP contribution in [0.3, 0.4) is 0 Å². The fourth-order valence-electron chi connectivity index (χ4n) is 2.27. The average molecular weight is 449 g/mol. The molecule has 0 fully saturated rings. The summed E-state index contributed by atoms with van der Waals surface area (Å²) in [7, 11) is 1.52. The number of benzene rings is 2. The van der Waals surface area contributed by atoms with Crippen LogP contribution in [0, 0.1) is 0 Å². The van der Waals surface area contributed by atoms with Crippen molar-refractivity contribution in [3.05, 3.63) is 52.5 Å². The van der Waals surface area contributed by atoms with Gasteiger partial charge in [-0.1, -0.05) is 28.9 Å². The number of rotatable bonds is 8. The Hall–Kier alpha value is -2.87. The van der Waals surface area contributed by atoms with Crippen molar-refractivity contribution in [1.82, 2.24) is 5.43 Å². The first-order valence-electron chi connectivity index (χ1n) is 8.54. The van der Waals surface area contributed by atoms with Crippen LogP contribution in [-0.4, -0.2) is 31.3 Å². The van der Waals surface area contributed by atoms with Crippen LogP contribution in [0.4, 0.5) is 0 Å². The van der Waals surface area contributed by atoms with Gasteiger partial charge in [0.1, 0.15) is 17.2 Å². The molecule has 0 saturated heterocycles. The Bertz CT molecular complexity index is 869. The first-order valence-corrected chi connectivity index (χ1v) is 9.33. The van der Waals surface area contributed by atoms with Crippen LogP contribution in [0.15, 0.2) is 52.0 Å². The third kappa shape index (κ3) is 6.38. The Morgan fingerprint density at radius 2 is 2.00 bits per heavy atom. The summed E-state index contributed by atoms with van der Waals surface area (Å²) >= 11 is 3.36. The first kappa shape index (κ1) is 21.4. The van der Waals surface area contributed by atoms with Crippen LogP contribution >= 0.6 is 15.9 Å². The summed E-state index contributed by atoms with van der Waals surface area (Å²) in [4.78, 5) is 23.6. The lowest BCUT2D eigenvalue weighted by atomic mass is 10.2. The van der Waals surface area contributed by atoms with E-state index in [0.717, 1.165) is 4.47 Å². The third-order valence-electron chi connectivity index (χ3n) is 3.59. The number of amides is 1. The van der Waals surface area contributed by atoms with Gasteiger partial charge < -0.3 is 14.2 Å². The number of carbonyl (C=O) groups excluding carboxylic acids is 2. The Kier molecular flexibility index (Phi) is 8.01. The van der Waals surface area contributed by atoms with E-state index in [2.05, 4.69) is 26.5 Å². The zero-order valence-corrected chi connectivity index (χ0v) is 17.4. The smallest absolute Gasteiger partial charge is 0.308 e. The van der Waals surface area contributed by atoms with Crippen LogP contribution in [0.5, 0.6) is 17.2 Å². The molecule has 28 heavy (non-hydrogen) atoms. The summed E-state index contributed by atoms with van der Waals surface area (Å²) in [5.41, 5.74) is 2.93. The van der Waals surface area contributed by atoms with Gasteiger partial charge in [0.15, 0.2) is 6.10 Å². The number of hydrazone groups is 1. The van der Waals surface area contributed by atoms with Crippen LogP contribution in [0.1, 0.15) is 25.8 Å². The lowest BCUT2D eigenvalue weighted by Gasteiger charge is -2.15. The quantitative estimate of drug-likeness (QED) is 0.288. The summed E-state index contributed by atoms with van der Waals surface area (Å²) < 4.78 is 16.9. The van der Waals surface area contributed by atoms with Crippen molar-refractivity contribution in [2.75, 3.05) is 7.11 Å². The van der Waals surface area contributed by atoms with E-state index in [1.54, 1.807) is 30.3 Å². The highest BCUT2D eigenvalue weighted by Crippen LogP contribution is 2.23. The molecule has 2 rings (SSSR count). The van der Waals surface area contributed by atoms with Gasteiger partial charge in [-0.3, -0.25) is 9.59 Å². The molecule has 1 N–H and O–H groups in total. The molecular formula is C20H21BrN2O5. The molecule has 2 aromatic carbocycles. The molecule has 0 radical (unpaired) electrons. The number of hydrogen-bond donors (Lipinski definition) is 1. The molecule has 0 saturated carbocycles. The van der Waals surface area contributed by atoms with Crippen LogP contribution in [0.25, 0.3) is 0 Å². The largest absolute Gasteiger partial charge is 0.497 e. The molecule has 2 aromatic rings. The molecule has 0 bridgehead atoms. The summed E-state index contributed by atoms with van der Waals surface area (Å²) in [5.74, 6) is 0.593. The Balaban J connectivity index is 2.07. The van der Waals surface area contributed by atoms with Crippen molar-refractivity contribution in [3.8, 4) is 17.2 Å². The molecule has 1 amide bonds. The topological polar surface area (TPSA) is 86.2 Å². The average Bonchev–Trinajstić information content (AvgIpc) is 2.66. The highest BCUT2D eigenvalue weighted by molar-refractivity contribution is 9.10. The molecule has 0 spiro atoms. The van der Waals surface area contributed by atoms with E-state index in [0.29, 0.717) is 29.2 Å². The predicted octanol–water partition coefficient (Wildman–Crippen LogP) is 3.69. The highest BCUT2D eigenvalue weighted by Gasteiger charge is 2.18. The van der Waals surface area contributed by atoms with E-state index >= 15 is 0 Å². The molecule has 8 heteroatoms. The van der Waals surface area contributed by atoms with Gasteiger partial charge >= 0.3 is 5.97 Å². The zero-order valence-electron chi connectivity index (χ0n) is 15.8. The molecule has 7 nitrogen and oxygen atoms in total. The van der Waals surface area contributed by atoms with E-state index < -0.39 is 18.0 Å². The number of carbonyl (C=O) groups is 2. The number of halogens is 1. The van der Waals surface area contributed by atoms with Gasteiger partial charge in [-0.15, -0.1) is 0 Å². The Morgan fingerprint density at radius 1 is 1.21 bits per heavy atom. The molecule has 0 heterocycles. The zero-order chi connectivity index (χ0) is 20.5. The standard InChI is InChI=1S/C20H21BrN2O5/c1-4-18(28-17-7-5-6-15(21)11-17)20(25)23-22-12-14-10-16(26-3)8-9-19(14)27-13(2)24/h5-12,18H,4H2,1-3H3,(H,23,25)/b22-12-/t18-/m1/s1. The van der Waals surface area contributed by atoms with Crippen molar-refractivity contribution < 1.29 is 23.8 Å². The van der Waals surface area contributed by atoms with E-state index in [-0.39, 0.29) is 0 Å². The molecule has 148 valence electrons. The highest BCUT2D eigenvalue weighted by atomic mass is 79.9. The van der Waals surface area contributed by atoms with Crippen molar-refractivity contribution in [2.45, 2.75) is 26.4 Å². The van der Waals surface area contributed by atoms with E-state index in [1.165, 1.54) is 20.2 Å². The van der Waals surface area contributed by atoms with Crippen LogP contribution < -0.4 is 19.6 Å². The number of ether oxygens (including phenoxy) is 3. The minimum Gasteiger partial charge on any atom is -0.497 e. The first-order chi connectivity index (χ1) is 13.4. The second kappa shape index (κ2) is 10.5. The van der Waals surface area contributed by atoms with Gasteiger partial charge in [0.05, 0.1) is 13.3 Å². The number of nitrogens with zero attached hydrogens (tertiary/aromatic N) is 1. The van der Waals surface area contributed by atoms with Crippen LogP contribution in [0.2, 0.25) is 0 Å². The van der Waals surface area contributed by atoms with Crippen molar-refractivity contribution >= 4 is 34.0 Å². The maximum absolute atomic E-state index is 12.4. The fraction of sp³-hybridized carbons (Fsp3) is 0.250. The van der Waals surface area contributed by atoms with Crippen molar-refractivity contribution in [3.63, 3.8) is 0 Å². The Morgan fingerprint density at radius 3 is 2.64 bits per heavy atom. The van der Waals surface area contributed by atoms with Gasteiger partial charge in [-0.2, -0.15) is 5.10 Å². The van der Waals surface area contributed by atoms with Gasteiger partial charge in [-0.05, 0) is 42.8 Å². The SMILES string of the molecule is CC[C@@H](Oc1cccc(Br)c1)C(=O)N/N=C\c1cc(OC)ccc1OC(C)=O. The minimum absolute atomic E-state index is 0.309. The second-order valence-electron chi connectivity index (χ2n) is 5.70. The molecule has 0 aliphatic rings. The van der Waals surface area contributed by atoms with E-state index in [1.807, 2.05) is 19.1 Å². The number of nitrogens with one attached hydrogen (secondary N) is 1. The summed E-state index contributed by atoms with van der Waals surface area (Å²) in [6, 6.07) is 12.1. The monoisotopic (exact) mass is 448 g/mol. The minimum atomic E-state index is -0.704. The number of hydrogen-bond acceptors (Lipinski definition) is 6. The molecule has 0 unspecified atom stereocenters. The number of methoxy groups -OCH3 is 1. The van der Waals surface area contributed by atoms with Gasteiger partial charge in [-0.25, -0.2) is 5.43 Å². The molecule has 0 aromatic heterocycles. The van der Waals surface area contributed by atoms with Gasteiger partial charge in [0, 0.05) is 17.0 Å². The molecule has 0 aliphatic carbocycles. The lowest BCUT2D eigenvalue weighted by molar-refractivity contribution is -0.132. The number of esters is 1. The predicted molar refractivity (Wildman–Crippen MR) is 109 cm³/mol. The maximum atomic E-state index is 12.4. The van der Waals surface area contributed by atoms with Gasteiger partial charge in [0.25, 0.3) is 5.91 Å². The lowest BCUT2D eigenvalue weighted by Crippen LogP contribution is -2.35. The van der Waals surface area contributed by atoms with Crippen LogP contribution in [-0.2, 0) is 9.59 Å². The maximum Gasteiger partial charge on any atom is 0.308 e. The molecule has 1 atom stereocenters. The van der Waals surface area contributed by atoms with Gasteiger partial charge in [0.2, 0.25) is 0 Å². The third-order valence-corrected chi connectivity index (χ3v) is 4.08. The fourth-order valence-corrected chi connectivity index (χ4v) is 2.64. The van der Waals surface area contributed by atoms with E-state index in [9.17, 15) is 9.59 Å². The van der Waals surface area contributed by atoms with E-state index in [4.69, 9.17) is 14.2 Å². The normalized spacial score (nSPS) is 11.7. The molecular weight excluding hydrogens is 428 g/mol. The Labute approximate surface area is 171 Å². The summed E-state index contributed by atoms with van der Waals surface area (Å²) in [5, 5.41) is 3.95. The molecule has 0 aliphatic heterocycles. The summed E-state index contributed by atoms with van der Waals surface area (Å²) in [6.45, 7) is 3.14.